The third kappa shape index (κ3) is 3.94. The molecule has 4 aromatic rings. The van der Waals surface area contributed by atoms with E-state index in [1.165, 1.54) is 4.68 Å². The van der Waals surface area contributed by atoms with E-state index in [2.05, 4.69) is 15.3 Å². The maximum atomic E-state index is 12.7. The van der Waals surface area contributed by atoms with Crippen LogP contribution in [0.3, 0.4) is 0 Å². The Bertz CT molecular complexity index is 1310. The molecule has 0 atom stereocenters. The number of sulfone groups is 1. The van der Waals surface area contributed by atoms with Gasteiger partial charge in [0.05, 0.1) is 16.0 Å². The first kappa shape index (κ1) is 19.0. The molecular formula is C21H16N4O2S2. The normalized spacial score (nSPS) is 11.7. The molecule has 0 saturated carbocycles. The van der Waals surface area contributed by atoms with Gasteiger partial charge in [0.2, 0.25) is 14.6 Å². The fourth-order valence-corrected chi connectivity index (χ4v) is 4.23. The Labute approximate surface area is 173 Å². The summed E-state index contributed by atoms with van der Waals surface area (Å²) in [6, 6.07) is 24.4. The van der Waals surface area contributed by atoms with Crippen LogP contribution in [0.25, 0.3) is 11.4 Å². The lowest BCUT2D eigenvalue weighted by Gasteiger charge is -2.06. The van der Waals surface area contributed by atoms with E-state index in [1.54, 1.807) is 60.8 Å². The van der Waals surface area contributed by atoms with E-state index in [0.29, 0.717) is 16.2 Å². The molecule has 1 aromatic heterocycles. The van der Waals surface area contributed by atoms with Gasteiger partial charge >= 0.3 is 0 Å². The van der Waals surface area contributed by atoms with Crippen LogP contribution in [0.1, 0.15) is 5.56 Å². The SMILES string of the molecule is O=S(=O)(c1ccccc1)c1ccc(-c2n[nH]c(=S)n2/N=C/c2ccccc2)cc1. The summed E-state index contributed by atoms with van der Waals surface area (Å²) in [5.41, 5.74) is 1.61. The van der Waals surface area contributed by atoms with E-state index in [1.807, 2.05) is 30.3 Å². The highest BCUT2D eigenvalue weighted by atomic mass is 32.2. The summed E-state index contributed by atoms with van der Waals surface area (Å²) in [4.78, 5) is 0.462. The molecule has 0 aliphatic heterocycles. The van der Waals surface area contributed by atoms with Gasteiger partial charge in [-0.15, -0.1) is 0 Å². The van der Waals surface area contributed by atoms with Gasteiger partial charge in [-0.3, -0.25) is 0 Å². The number of benzene rings is 3. The highest BCUT2D eigenvalue weighted by Gasteiger charge is 2.17. The smallest absolute Gasteiger partial charge is 0.216 e. The van der Waals surface area contributed by atoms with E-state index >= 15 is 0 Å². The molecule has 0 fully saturated rings. The van der Waals surface area contributed by atoms with E-state index in [9.17, 15) is 8.42 Å². The van der Waals surface area contributed by atoms with Crippen LogP contribution in [0.4, 0.5) is 0 Å². The fourth-order valence-electron chi connectivity index (χ4n) is 2.77. The van der Waals surface area contributed by atoms with Gasteiger partial charge in [0, 0.05) is 5.56 Å². The molecule has 144 valence electrons. The molecule has 4 rings (SSSR count). The van der Waals surface area contributed by atoms with Crippen molar-refractivity contribution >= 4 is 28.3 Å². The Morgan fingerprint density at radius 3 is 2.10 bits per heavy atom. The minimum absolute atomic E-state index is 0.209. The molecule has 0 radical (unpaired) electrons. The zero-order valence-electron chi connectivity index (χ0n) is 15.1. The standard InChI is InChI=1S/C21H16N4O2S2/c26-29(27,18-9-5-2-6-10-18)19-13-11-17(12-14-19)20-23-24-21(28)25(20)22-15-16-7-3-1-4-8-16/h1-15H,(H,24,28)/b22-15+. The second-order valence-corrected chi connectivity index (χ2v) is 8.50. The van der Waals surface area contributed by atoms with Crippen molar-refractivity contribution in [1.29, 1.82) is 0 Å². The lowest BCUT2D eigenvalue weighted by molar-refractivity contribution is 0.596. The van der Waals surface area contributed by atoms with Crippen molar-refractivity contribution in [3.05, 3.63) is 95.3 Å². The van der Waals surface area contributed by atoms with Crippen LogP contribution in [-0.2, 0) is 9.84 Å². The third-order valence-corrected chi connectivity index (χ3v) is 6.30. The van der Waals surface area contributed by atoms with Gasteiger partial charge in [0.25, 0.3) is 0 Å². The largest absolute Gasteiger partial charge is 0.250 e. The van der Waals surface area contributed by atoms with Crippen LogP contribution in [0.5, 0.6) is 0 Å². The number of rotatable bonds is 5. The van der Waals surface area contributed by atoms with Crippen LogP contribution >= 0.6 is 12.2 Å². The molecule has 1 heterocycles. The minimum atomic E-state index is -3.57. The molecule has 0 aliphatic rings. The molecule has 1 N–H and O–H groups in total. The first-order valence-corrected chi connectivity index (χ1v) is 10.6. The molecule has 3 aromatic carbocycles. The summed E-state index contributed by atoms with van der Waals surface area (Å²) in [6.45, 7) is 0. The average Bonchev–Trinajstić information content (AvgIpc) is 3.14. The Kier molecular flexibility index (Phi) is 5.20. The molecule has 0 bridgehead atoms. The van der Waals surface area contributed by atoms with Crippen molar-refractivity contribution in [2.45, 2.75) is 9.79 Å². The summed E-state index contributed by atoms with van der Waals surface area (Å²) < 4.78 is 27.3. The number of hydrogen-bond donors (Lipinski definition) is 1. The highest BCUT2D eigenvalue weighted by Crippen LogP contribution is 2.24. The van der Waals surface area contributed by atoms with Gasteiger partial charge in [-0.2, -0.15) is 14.9 Å². The predicted octanol–water partition coefficient (Wildman–Crippen LogP) is 4.32. The Morgan fingerprint density at radius 1 is 0.862 bits per heavy atom. The van der Waals surface area contributed by atoms with Crippen molar-refractivity contribution in [2.75, 3.05) is 0 Å². The first-order valence-electron chi connectivity index (χ1n) is 8.73. The van der Waals surface area contributed by atoms with E-state index in [4.69, 9.17) is 12.2 Å². The van der Waals surface area contributed by atoms with E-state index in [0.717, 1.165) is 5.56 Å². The summed E-state index contributed by atoms with van der Waals surface area (Å²) in [5.74, 6) is 0.492. The lowest BCUT2D eigenvalue weighted by atomic mass is 10.2. The second kappa shape index (κ2) is 7.94. The molecule has 6 nitrogen and oxygen atoms in total. The minimum Gasteiger partial charge on any atom is -0.250 e. The third-order valence-electron chi connectivity index (χ3n) is 4.25. The first-order chi connectivity index (χ1) is 14.1. The van der Waals surface area contributed by atoms with Crippen LogP contribution < -0.4 is 0 Å². The van der Waals surface area contributed by atoms with Crippen LogP contribution in [0.2, 0.25) is 0 Å². The van der Waals surface area contributed by atoms with Crippen molar-refractivity contribution in [2.24, 2.45) is 5.10 Å². The predicted molar refractivity (Wildman–Crippen MR) is 114 cm³/mol. The van der Waals surface area contributed by atoms with Crippen molar-refractivity contribution in [1.82, 2.24) is 14.9 Å². The van der Waals surface area contributed by atoms with Gasteiger partial charge in [0.15, 0.2) is 5.82 Å². The number of hydrogen-bond acceptors (Lipinski definition) is 5. The van der Waals surface area contributed by atoms with Crippen molar-refractivity contribution in [3.8, 4) is 11.4 Å². The number of nitrogens with zero attached hydrogens (tertiary/aromatic N) is 3. The van der Waals surface area contributed by atoms with Gasteiger partial charge < -0.3 is 0 Å². The maximum Gasteiger partial charge on any atom is 0.216 e. The second-order valence-electron chi connectivity index (χ2n) is 6.16. The van der Waals surface area contributed by atoms with Gasteiger partial charge in [0.1, 0.15) is 0 Å². The summed E-state index contributed by atoms with van der Waals surface area (Å²) in [6.07, 6.45) is 1.68. The van der Waals surface area contributed by atoms with Crippen LogP contribution in [0.15, 0.2) is 99.8 Å². The monoisotopic (exact) mass is 420 g/mol. The van der Waals surface area contributed by atoms with E-state index in [-0.39, 0.29) is 9.79 Å². The Hall–Kier alpha value is -3.36. The molecule has 0 amide bonds. The zero-order chi connectivity index (χ0) is 20.3. The summed E-state index contributed by atoms with van der Waals surface area (Å²) in [7, 11) is -3.57. The van der Waals surface area contributed by atoms with Crippen molar-refractivity contribution in [3.63, 3.8) is 0 Å². The number of nitrogens with one attached hydrogen (secondary N) is 1. The molecule has 0 spiro atoms. The topological polar surface area (TPSA) is 80.1 Å². The van der Waals surface area contributed by atoms with Crippen LogP contribution in [-0.4, -0.2) is 29.5 Å². The number of H-pyrrole nitrogens is 1. The van der Waals surface area contributed by atoms with Crippen molar-refractivity contribution < 1.29 is 8.42 Å². The molecule has 0 saturated heterocycles. The summed E-state index contributed by atoms with van der Waals surface area (Å²) >= 11 is 5.27. The molecule has 29 heavy (non-hydrogen) atoms. The molecule has 0 unspecified atom stereocenters. The zero-order valence-corrected chi connectivity index (χ0v) is 16.8. The lowest BCUT2D eigenvalue weighted by Crippen LogP contribution is -2.02. The highest BCUT2D eigenvalue weighted by molar-refractivity contribution is 7.91. The van der Waals surface area contributed by atoms with Gasteiger partial charge in [-0.1, -0.05) is 48.5 Å². The number of aromatic amines is 1. The van der Waals surface area contributed by atoms with Gasteiger partial charge in [-0.05, 0) is 54.2 Å². The Morgan fingerprint density at radius 2 is 1.45 bits per heavy atom. The molecular weight excluding hydrogens is 404 g/mol. The Balaban J connectivity index is 1.67. The molecule has 0 aliphatic carbocycles. The van der Waals surface area contributed by atoms with E-state index < -0.39 is 9.84 Å². The van der Waals surface area contributed by atoms with Gasteiger partial charge in [-0.25, -0.2) is 13.5 Å². The fraction of sp³-hybridized carbons (Fsp3) is 0. The number of aromatic nitrogens is 3. The average molecular weight is 421 g/mol. The van der Waals surface area contributed by atoms with Crippen LogP contribution in [0, 0.1) is 4.77 Å². The quantitative estimate of drug-likeness (QED) is 0.385. The maximum absolute atomic E-state index is 12.7. The summed E-state index contributed by atoms with van der Waals surface area (Å²) in [5, 5.41) is 11.4. The molecule has 8 heteroatoms.